The van der Waals surface area contributed by atoms with Gasteiger partial charge in [0.05, 0.1) is 28.1 Å². The van der Waals surface area contributed by atoms with Crippen molar-refractivity contribution in [3.8, 4) is 6.07 Å². The van der Waals surface area contributed by atoms with Crippen LogP contribution in [0.5, 0.6) is 0 Å². The Morgan fingerprint density at radius 1 is 1.43 bits per heavy atom. The summed E-state index contributed by atoms with van der Waals surface area (Å²) in [6.45, 7) is 6.62. The molecule has 0 radical (unpaired) electrons. The number of hydrogen-bond acceptors (Lipinski definition) is 7. The summed E-state index contributed by atoms with van der Waals surface area (Å²) in [6.07, 6.45) is 0.261. The van der Waals surface area contributed by atoms with E-state index in [9.17, 15) is 20.2 Å². The number of benzene rings is 1. The van der Waals surface area contributed by atoms with E-state index in [1.54, 1.807) is 32.9 Å². The number of nitro benzene ring substituents is 1. The van der Waals surface area contributed by atoms with E-state index in [2.05, 4.69) is 16.4 Å². The molecule has 0 spiro atoms. The molecule has 1 aliphatic rings. The highest BCUT2D eigenvalue weighted by molar-refractivity contribution is 5.88. The molecule has 2 heterocycles. The lowest BCUT2D eigenvalue weighted by molar-refractivity contribution is -0.384. The van der Waals surface area contributed by atoms with Gasteiger partial charge < -0.3 is 15.0 Å². The van der Waals surface area contributed by atoms with Gasteiger partial charge in [-0.1, -0.05) is 0 Å². The fourth-order valence-electron chi connectivity index (χ4n) is 3.13. The molecule has 3 rings (SSSR count). The second-order valence-electron chi connectivity index (χ2n) is 7.68. The van der Waals surface area contributed by atoms with Crippen molar-refractivity contribution in [2.75, 3.05) is 18.0 Å². The molecule has 1 atom stereocenters. The van der Waals surface area contributed by atoms with Crippen LogP contribution in [0.15, 0.2) is 24.3 Å². The summed E-state index contributed by atoms with van der Waals surface area (Å²) in [5.41, 5.74) is 0.198. The molecule has 1 saturated heterocycles. The van der Waals surface area contributed by atoms with Crippen LogP contribution in [0.25, 0.3) is 10.9 Å². The number of nitriles is 1. The number of carbonyl (C=O) groups excluding carboxylic acids is 1. The van der Waals surface area contributed by atoms with Crippen molar-refractivity contribution < 1.29 is 14.5 Å². The summed E-state index contributed by atoms with van der Waals surface area (Å²) in [5, 5.41) is 23.7. The first-order chi connectivity index (χ1) is 13.2. The van der Waals surface area contributed by atoms with Gasteiger partial charge in [0.1, 0.15) is 11.4 Å². The summed E-state index contributed by atoms with van der Waals surface area (Å²) in [7, 11) is 0. The van der Waals surface area contributed by atoms with Gasteiger partial charge in [-0.05, 0) is 39.3 Å². The summed E-state index contributed by atoms with van der Waals surface area (Å²) in [5.74, 6) is 0.603. The fraction of sp³-hybridized carbons (Fsp3) is 0.421. The smallest absolute Gasteiger partial charge is 0.407 e. The normalized spacial score (nSPS) is 16.6. The molecule has 0 saturated carbocycles. The Balaban J connectivity index is 1.79. The van der Waals surface area contributed by atoms with Crippen molar-refractivity contribution in [2.45, 2.75) is 38.8 Å². The molecule has 0 aliphatic carbocycles. The molecule has 1 N–H and O–H groups in total. The van der Waals surface area contributed by atoms with Gasteiger partial charge in [0.2, 0.25) is 0 Å². The molecule has 1 fully saturated rings. The average Bonchev–Trinajstić information content (AvgIpc) is 3.06. The van der Waals surface area contributed by atoms with Crippen molar-refractivity contribution in [1.29, 1.82) is 5.26 Å². The third kappa shape index (κ3) is 4.28. The van der Waals surface area contributed by atoms with E-state index in [0.29, 0.717) is 35.4 Å². The summed E-state index contributed by atoms with van der Waals surface area (Å²) < 4.78 is 5.28. The number of non-ortho nitro benzene ring substituents is 1. The molecular formula is C19H21N5O4. The van der Waals surface area contributed by atoms with Gasteiger partial charge in [-0.15, -0.1) is 0 Å². The van der Waals surface area contributed by atoms with Gasteiger partial charge in [-0.25, -0.2) is 9.78 Å². The quantitative estimate of drug-likeness (QED) is 0.638. The first kappa shape index (κ1) is 19.4. The predicted molar refractivity (Wildman–Crippen MR) is 103 cm³/mol. The lowest BCUT2D eigenvalue weighted by Gasteiger charge is -2.22. The molecule has 1 aromatic heterocycles. The molecule has 0 bridgehead atoms. The second-order valence-corrected chi connectivity index (χ2v) is 7.68. The summed E-state index contributed by atoms with van der Waals surface area (Å²) >= 11 is 0. The first-order valence-electron chi connectivity index (χ1n) is 8.90. The minimum atomic E-state index is -0.563. The van der Waals surface area contributed by atoms with E-state index in [4.69, 9.17) is 4.74 Å². The number of hydrogen-bond donors (Lipinski definition) is 1. The molecule has 0 unspecified atom stereocenters. The van der Waals surface area contributed by atoms with E-state index in [0.717, 1.165) is 6.42 Å². The molecule has 1 aromatic carbocycles. The zero-order valence-corrected chi connectivity index (χ0v) is 15.9. The number of fused-ring (bicyclic) bond motifs is 1. The molecule has 9 heteroatoms. The van der Waals surface area contributed by atoms with Crippen LogP contribution in [0.4, 0.5) is 16.3 Å². The minimum absolute atomic E-state index is 0.0821. The average molecular weight is 383 g/mol. The number of nitro groups is 1. The zero-order valence-electron chi connectivity index (χ0n) is 15.9. The Morgan fingerprint density at radius 2 is 2.18 bits per heavy atom. The third-order valence-corrected chi connectivity index (χ3v) is 4.34. The number of ether oxygens (including phenoxy) is 1. The van der Waals surface area contributed by atoms with Crippen molar-refractivity contribution in [3.05, 3.63) is 39.9 Å². The number of anilines is 1. The standard InChI is InChI=1S/C19H21N5O4/c1-19(2,3)28-18(25)21-13-6-7-23(11-13)17-8-12(10-20)15-9-14(24(26)27)4-5-16(15)22-17/h4-5,8-9,13H,6-7,11H2,1-3H3,(H,21,25)/t13-/m0/s1. The monoisotopic (exact) mass is 383 g/mol. The largest absolute Gasteiger partial charge is 0.444 e. The first-order valence-corrected chi connectivity index (χ1v) is 8.90. The van der Waals surface area contributed by atoms with Crippen LogP contribution < -0.4 is 10.2 Å². The van der Waals surface area contributed by atoms with Crippen molar-refractivity contribution in [1.82, 2.24) is 10.3 Å². The van der Waals surface area contributed by atoms with E-state index in [-0.39, 0.29) is 11.7 Å². The van der Waals surface area contributed by atoms with Crippen LogP contribution in [0.3, 0.4) is 0 Å². The van der Waals surface area contributed by atoms with E-state index < -0.39 is 16.6 Å². The highest BCUT2D eigenvalue weighted by Gasteiger charge is 2.27. The number of nitrogens with one attached hydrogen (secondary N) is 1. The van der Waals surface area contributed by atoms with Crippen LogP contribution in [0.2, 0.25) is 0 Å². The molecule has 9 nitrogen and oxygen atoms in total. The Morgan fingerprint density at radius 3 is 2.82 bits per heavy atom. The Kier molecular flexibility index (Phi) is 5.05. The lowest BCUT2D eigenvalue weighted by Crippen LogP contribution is -2.40. The third-order valence-electron chi connectivity index (χ3n) is 4.34. The van der Waals surface area contributed by atoms with Crippen LogP contribution in [0, 0.1) is 21.4 Å². The minimum Gasteiger partial charge on any atom is -0.444 e. The highest BCUT2D eigenvalue weighted by atomic mass is 16.6. The number of amides is 1. The van der Waals surface area contributed by atoms with E-state index >= 15 is 0 Å². The number of rotatable bonds is 3. The van der Waals surface area contributed by atoms with Crippen molar-refractivity contribution in [2.24, 2.45) is 0 Å². The van der Waals surface area contributed by atoms with Crippen LogP contribution in [-0.2, 0) is 4.74 Å². The van der Waals surface area contributed by atoms with Crippen molar-refractivity contribution in [3.63, 3.8) is 0 Å². The van der Waals surface area contributed by atoms with Gasteiger partial charge in [0.15, 0.2) is 0 Å². The maximum absolute atomic E-state index is 12.0. The number of alkyl carbamates (subject to hydrolysis) is 1. The second kappa shape index (κ2) is 7.31. The molecule has 1 amide bonds. The van der Waals surface area contributed by atoms with Gasteiger partial charge >= 0.3 is 6.09 Å². The lowest BCUT2D eigenvalue weighted by atomic mass is 10.1. The van der Waals surface area contributed by atoms with E-state index in [1.807, 2.05) is 4.90 Å². The van der Waals surface area contributed by atoms with Crippen molar-refractivity contribution >= 4 is 28.5 Å². The van der Waals surface area contributed by atoms with Gasteiger partial charge in [-0.3, -0.25) is 10.1 Å². The number of nitrogens with zero attached hydrogens (tertiary/aromatic N) is 4. The van der Waals surface area contributed by atoms with Crippen LogP contribution in [0.1, 0.15) is 32.8 Å². The maximum Gasteiger partial charge on any atom is 0.407 e. The SMILES string of the molecule is CC(C)(C)OC(=O)N[C@H]1CCN(c2cc(C#N)c3cc([N+](=O)[O-])ccc3n2)C1. The van der Waals surface area contributed by atoms with E-state index in [1.165, 1.54) is 12.1 Å². The Hall–Kier alpha value is -3.41. The molecule has 1 aliphatic heterocycles. The number of aromatic nitrogens is 1. The highest BCUT2D eigenvalue weighted by Crippen LogP contribution is 2.28. The Bertz CT molecular complexity index is 977. The number of carbonyl (C=O) groups is 1. The Labute approximate surface area is 162 Å². The van der Waals surface area contributed by atoms with Gasteiger partial charge in [0.25, 0.3) is 5.69 Å². The van der Waals surface area contributed by atoms with Crippen LogP contribution in [-0.4, -0.2) is 40.7 Å². The number of pyridine rings is 1. The maximum atomic E-state index is 12.0. The topological polar surface area (TPSA) is 121 Å². The molecule has 28 heavy (non-hydrogen) atoms. The van der Waals surface area contributed by atoms with Gasteiger partial charge in [-0.2, -0.15) is 5.26 Å². The molecule has 2 aromatic rings. The molecule has 146 valence electrons. The zero-order chi connectivity index (χ0) is 20.5. The van der Waals surface area contributed by atoms with Crippen LogP contribution >= 0.6 is 0 Å². The fourth-order valence-corrected chi connectivity index (χ4v) is 3.13. The van der Waals surface area contributed by atoms with Gasteiger partial charge in [0, 0.05) is 30.6 Å². The summed E-state index contributed by atoms with van der Waals surface area (Å²) in [6, 6.07) is 7.91. The summed E-state index contributed by atoms with van der Waals surface area (Å²) in [4.78, 5) is 29.0. The molecular weight excluding hydrogens is 362 g/mol. The predicted octanol–water partition coefficient (Wildman–Crippen LogP) is 3.12.